The van der Waals surface area contributed by atoms with Gasteiger partial charge in [-0.05, 0) is 12.2 Å². The van der Waals surface area contributed by atoms with Crippen molar-refractivity contribution < 1.29 is 27.7 Å². The number of carbonyl (C=O) groups is 1. The molecule has 0 aromatic heterocycles. The van der Waals surface area contributed by atoms with Crippen LogP contribution in [0.1, 0.15) is 0 Å². The normalized spacial score (nSPS) is 12.3. The molecule has 0 bridgehead atoms. The van der Waals surface area contributed by atoms with Crippen LogP contribution < -0.4 is 5.32 Å². The van der Waals surface area contributed by atoms with Crippen molar-refractivity contribution in [1.82, 2.24) is 5.32 Å². The first-order chi connectivity index (χ1) is 7.06. The van der Waals surface area contributed by atoms with Gasteiger partial charge in [-0.1, -0.05) is 6.58 Å². The highest BCUT2D eigenvalue weighted by molar-refractivity contribution is 7.47. The summed E-state index contributed by atoms with van der Waals surface area (Å²) in [6, 6.07) is 0. The Labute approximate surface area is 87.7 Å². The first-order valence-corrected chi connectivity index (χ1v) is 5.81. The molecular weight excluding hydrogens is 244 g/mol. The number of hydrogen-bond acceptors (Lipinski definition) is 5. The van der Waals surface area contributed by atoms with Crippen LogP contribution in [0.4, 0.5) is 0 Å². The molecule has 0 radical (unpaired) electrons. The highest BCUT2D eigenvalue weighted by Crippen LogP contribution is 2.35. The summed E-state index contributed by atoms with van der Waals surface area (Å²) in [6.45, 7) is 3.09. The zero-order valence-electron chi connectivity index (χ0n) is 7.53. The van der Waals surface area contributed by atoms with Gasteiger partial charge in [-0.3, -0.25) is 4.79 Å². The molecule has 15 heavy (non-hydrogen) atoms. The van der Waals surface area contributed by atoms with Crippen molar-refractivity contribution in [2.24, 2.45) is 0 Å². The molecule has 2 N–H and O–H groups in total. The molecule has 9 heteroatoms. The molecule has 82 valence electrons. The topological polar surface area (TPSA) is 102 Å². The van der Waals surface area contributed by atoms with Gasteiger partial charge in [0, 0.05) is 15.3 Å². The van der Waals surface area contributed by atoms with Gasteiger partial charge >= 0.3 is 16.5 Å². The molecule has 0 aliphatic heterocycles. The van der Waals surface area contributed by atoms with E-state index in [2.05, 4.69) is 20.7 Å². The highest BCUT2D eigenvalue weighted by Gasteiger charge is 2.36. The van der Waals surface area contributed by atoms with Gasteiger partial charge in [0.2, 0.25) is 5.91 Å². The van der Waals surface area contributed by atoms with E-state index in [-0.39, 0.29) is 6.61 Å². The fourth-order valence-electron chi connectivity index (χ4n) is 0.433. The summed E-state index contributed by atoms with van der Waals surface area (Å²) < 4.78 is 29.0. The van der Waals surface area contributed by atoms with Gasteiger partial charge in [0.1, 0.15) is 6.61 Å². The minimum absolute atomic E-state index is 0.129. The number of amides is 1. The van der Waals surface area contributed by atoms with Crippen LogP contribution in [-0.4, -0.2) is 17.4 Å². The van der Waals surface area contributed by atoms with Crippen molar-refractivity contribution in [3.63, 3.8) is 0 Å². The summed E-state index contributed by atoms with van der Waals surface area (Å²) in [5, 5.41) is 2.29. The average Bonchev–Trinajstić information content (AvgIpc) is 2.15. The standard InChI is InChI=1S/C6H7NO6P2/c1-2-6(8)7-4-3-5-12-15(11)13-14(9)10/h2-4H,1,5H2/p+2. The first-order valence-electron chi connectivity index (χ1n) is 3.58. The summed E-state index contributed by atoms with van der Waals surface area (Å²) in [6.07, 6.45) is 3.67. The zero-order chi connectivity index (χ0) is 11.7. The molecule has 0 aliphatic rings. The SMILES string of the molecule is C=CC(=O)NC=CCO[P+](=O)O[P+](=O)O. The maximum absolute atomic E-state index is 10.6. The third kappa shape index (κ3) is 9.34. The molecule has 0 heterocycles. The molecule has 0 rings (SSSR count). The lowest BCUT2D eigenvalue weighted by Gasteiger charge is -1.88. The number of hydrogen-bond donors (Lipinski definition) is 2. The summed E-state index contributed by atoms with van der Waals surface area (Å²) in [5.41, 5.74) is 0. The van der Waals surface area contributed by atoms with E-state index in [1.165, 1.54) is 12.3 Å². The molecule has 0 saturated carbocycles. The Balaban J connectivity index is 3.61. The van der Waals surface area contributed by atoms with E-state index in [1.54, 1.807) is 0 Å². The second kappa shape index (κ2) is 8.35. The van der Waals surface area contributed by atoms with E-state index >= 15 is 0 Å². The Morgan fingerprint density at radius 1 is 1.53 bits per heavy atom. The van der Waals surface area contributed by atoms with Gasteiger partial charge in [-0.2, -0.15) is 0 Å². The minimum Gasteiger partial charge on any atom is -0.329 e. The molecule has 0 aliphatic carbocycles. The first kappa shape index (κ1) is 14.0. The third-order valence-electron chi connectivity index (χ3n) is 0.942. The maximum atomic E-state index is 10.6. The van der Waals surface area contributed by atoms with Crippen LogP contribution >= 0.6 is 16.5 Å². The highest BCUT2D eigenvalue weighted by atomic mass is 31.2. The summed E-state index contributed by atoms with van der Waals surface area (Å²) in [5.74, 6) is -0.398. The lowest BCUT2D eigenvalue weighted by Crippen LogP contribution is -2.12. The van der Waals surface area contributed by atoms with Crippen molar-refractivity contribution in [2.45, 2.75) is 0 Å². The van der Waals surface area contributed by atoms with Crippen molar-refractivity contribution in [2.75, 3.05) is 6.61 Å². The fourth-order valence-corrected chi connectivity index (χ4v) is 1.29. The van der Waals surface area contributed by atoms with Crippen molar-refractivity contribution in [3.8, 4) is 0 Å². The molecule has 7 nitrogen and oxygen atoms in total. The van der Waals surface area contributed by atoms with Crippen molar-refractivity contribution in [1.29, 1.82) is 0 Å². The van der Waals surface area contributed by atoms with E-state index in [0.717, 1.165) is 6.08 Å². The van der Waals surface area contributed by atoms with Gasteiger partial charge < -0.3 is 5.32 Å². The predicted molar refractivity (Wildman–Crippen MR) is 51.9 cm³/mol. The van der Waals surface area contributed by atoms with E-state index in [1.807, 2.05) is 0 Å². The summed E-state index contributed by atoms with van der Waals surface area (Å²) >= 11 is 0. The molecule has 0 spiro atoms. The number of nitrogens with one attached hydrogen (secondary N) is 1. The molecule has 0 saturated heterocycles. The van der Waals surface area contributed by atoms with Crippen molar-refractivity contribution in [3.05, 3.63) is 24.9 Å². The van der Waals surface area contributed by atoms with Crippen LogP contribution in [0.15, 0.2) is 24.9 Å². The molecule has 1 amide bonds. The minimum atomic E-state index is -2.94. The molecule has 2 atom stereocenters. The van der Waals surface area contributed by atoms with Gasteiger partial charge in [-0.15, -0.1) is 9.42 Å². The fraction of sp³-hybridized carbons (Fsp3) is 0.167. The average molecular weight is 253 g/mol. The van der Waals surface area contributed by atoms with Crippen LogP contribution in [0.5, 0.6) is 0 Å². The van der Waals surface area contributed by atoms with Crippen molar-refractivity contribution >= 4 is 22.4 Å². The summed E-state index contributed by atoms with van der Waals surface area (Å²) in [4.78, 5) is 18.7. The Morgan fingerprint density at radius 3 is 2.73 bits per heavy atom. The van der Waals surface area contributed by atoms with E-state index in [9.17, 15) is 13.9 Å². The van der Waals surface area contributed by atoms with Crippen LogP contribution in [0.25, 0.3) is 0 Å². The smallest absolute Gasteiger partial charge is 0.329 e. The second-order valence-electron chi connectivity index (χ2n) is 1.95. The number of rotatable bonds is 7. The largest absolute Gasteiger partial charge is 0.748 e. The molecule has 0 aromatic carbocycles. The maximum Gasteiger partial charge on any atom is 0.748 e. The Bertz CT molecular complexity index is 302. The Kier molecular flexibility index (Phi) is 7.81. The van der Waals surface area contributed by atoms with Gasteiger partial charge in [0.05, 0.1) is 0 Å². The predicted octanol–water partition coefficient (Wildman–Crippen LogP) is 1.14. The third-order valence-corrected chi connectivity index (χ3v) is 2.39. The Morgan fingerprint density at radius 2 is 2.20 bits per heavy atom. The zero-order valence-corrected chi connectivity index (χ0v) is 9.32. The number of carbonyl (C=O) groups excluding carboxylic acids is 1. The van der Waals surface area contributed by atoms with E-state index < -0.39 is 22.4 Å². The van der Waals surface area contributed by atoms with Gasteiger partial charge in [0.25, 0.3) is 0 Å². The lowest BCUT2D eigenvalue weighted by molar-refractivity contribution is -0.115. The van der Waals surface area contributed by atoms with Crippen LogP contribution in [-0.2, 0) is 22.8 Å². The monoisotopic (exact) mass is 253 g/mol. The van der Waals surface area contributed by atoms with Crippen LogP contribution in [0, 0.1) is 0 Å². The van der Waals surface area contributed by atoms with Crippen LogP contribution in [0.3, 0.4) is 0 Å². The quantitative estimate of drug-likeness (QED) is 0.521. The molecule has 0 fully saturated rings. The lowest BCUT2D eigenvalue weighted by atomic mass is 10.5. The van der Waals surface area contributed by atoms with E-state index in [0.29, 0.717) is 0 Å². The molecule has 2 unspecified atom stereocenters. The van der Waals surface area contributed by atoms with Gasteiger partial charge in [0.15, 0.2) is 4.31 Å². The Hall–Kier alpha value is -0.970. The second-order valence-corrected chi connectivity index (χ2v) is 3.79. The molecular formula is C6H9NO6P2+2. The van der Waals surface area contributed by atoms with Gasteiger partial charge in [-0.25, -0.2) is 0 Å². The summed E-state index contributed by atoms with van der Waals surface area (Å²) in [7, 11) is -5.57. The molecule has 0 aromatic rings. The van der Waals surface area contributed by atoms with Crippen LogP contribution in [0.2, 0.25) is 0 Å². The van der Waals surface area contributed by atoms with E-state index in [4.69, 9.17) is 4.89 Å².